The van der Waals surface area contributed by atoms with Crippen LogP contribution in [-0.4, -0.2) is 35.6 Å². The smallest absolute Gasteiger partial charge is 0.229 e. The lowest BCUT2D eigenvalue weighted by Crippen LogP contribution is -2.32. The van der Waals surface area contributed by atoms with Crippen LogP contribution in [0, 0.1) is 0 Å². The Bertz CT molecular complexity index is 398. The molecule has 0 radical (unpaired) electrons. The third-order valence-corrected chi connectivity index (χ3v) is 3.52. The highest BCUT2D eigenvalue weighted by molar-refractivity contribution is 5.83. The van der Waals surface area contributed by atoms with E-state index in [9.17, 15) is 9.90 Å². The van der Waals surface area contributed by atoms with Gasteiger partial charge in [0.05, 0.1) is 12.0 Å². The zero-order valence-electron chi connectivity index (χ0n) is 12.4. The molecule has 106 valence electrons. The highest BCUT2D eigenvalue weighted by atomic mass is 16.3. The summed E-state index contributed by atoms with van der Waals surface area (Å²) in [6.45, 7) is 6.38. The molecular formula is C16H25NO2. The minimum Gasteiger partial charge on any atom is -0.393 e. The van der Waals surface area contributed by atoms with Crippen LogP contribution < -0.4 is 0 Å². The number of aryl methyl sites for hydroxylation is 1. The fourth-order valence-corrected chi connectivity index (χ4v) is 2.01. The van der Waals surface area contributed by atoms with Crippen molar-refractivity contribution in [1.29, 1.82) is 0 Å². The van der Waals surface area contributed by atoms with E-state index < -0.39 is 0 Å². The van der Waals surface area contributed by atoms with Gasteiger partial charge in [0, 0.05) is 13.6 Å². The van der Waals surface area contributed by atoms with Crippen molar-refractivity contribution in [2.75, 3.05) is 13.6 Å². The maximum Gasteiger partial charge on any atom is 0.229 e. The summed E-state index contributed by atoms with van der Waals surface area (Å²) in [5.74, 6) is -0.0326. The van der Waals surface area contributed by atoms with Gasteiger partial charge in [-0.3, -0.25) is 4.79 Å². The number of nitrogens with zero attached hydrogens (tertiary/aromatic N) is 1. The molecule has 0 saturated heterocycles. The fourth-order valence-electron chi connectivity index (χ4n) is 2.01. The van der Waals surface area contributed by atoms with Crippen LogP contribution in [0.3, 0.4) is 0 Å². The number of carbonyl (C=O) groups excluding carboxylic acids is 1. The Balaban J connectivity index is 2.64. The van der Waals surface area contributed by atoms with Crippen molar-refractivity contribution in [2.45, 2.75) is 45.6 Å². The molecule has 0 fully saturated rings. The van der Waals surface area contributed by atoms with E-state index in [4.69, 9.17) is 0 Å². The third kappa shape index (κ3) is 4.67. The molecule has 1 aromatic carbocycles. The summed E-state index contributed by atoms with van der Waals surface area (Å²) in [7, 11) is 1.79. The number of likely N-dealkylation sites (N-methyl/N-ethyl adjacent to an activating group) is 1. The van der Waals surface area contributed by atoms with Gasteiger partial charge in [0.15, 0.2) is 0 Å². The Kier molecular flexibility index (Phi) is 6.03. The number of hydrogen-bond donors (Lipinski definition) is 1. The molecule has 0 heterocycles. The molecule has 0 spiro atoms. The van der Waals surface area contributed by atoms with Crippen molar-refractivity contribution in [2.24, 2.45) is 0 Å². The second-order valence-electron chi connectivity index (χ2n) is 5.21. The maximum atomic E-state index is 12.3. The highest BCUT2D eigenvalue weighted by Gasteiger charge is 2.19. The Morgan fingerprint density at radius 2 is 1.84 bits per heavy atom. The third-order valence-electron chi connectivity index (χ3n) is 3.52. The summed E-state index contributed by atoms with van der Waals surface area (Å²) < 4.78 is 0. The SMILES string of the molecule is CCc1ccc(C(C)C(=O)N(C)CCC(C)O)cc1. The van der Waals surface area contributed by atoms with E-state index in [1.165, 1.54) is 5.56 Å². The van der Waals surface area contributed by atoms with Crippen molar-refractivity contribution in [1.82, 2.24) is 4.90 Å². The predicted molar refractivity (Wildman–Crippen MR) is 78.2 cm³/mol. The first kappa shape index (κ1) is 15.7. The molecule has 2 atom stereocenters. The topological polar surface area (TPSA) is 40.5 Å². The lowest BCUT2D eigenvalue weighted by atomic mass is 9.98. The van der Waals surface area contributed by atoms with E-state index in [2.05, 4.69) is 19.1 Å². The molecule has 0 aromatic heterocycles. The number of carbonyl (C=O) groups is 1. The van der Waals surface area contributed by atoms with Gasteiger partial charge in [-0.1, -0.05) is 31.2 Å². The average Bonchev–Trinajstić information content (AvgIpc) is 2.43. The van der Waals surface area contributed by atoms with E-state index >= 15 is 0 Å². The molecule has 19 heavy (non-hydrogen) atoms. The minimum atomic E-state index is -0.366. The standard InChI is InChI=1S/C16H25NO2/c1-5-14-6-8-15(9-7-14)13(3)16(19)17(4)11-10-12(2)18/h6-9,12-13,18H,5,10-11H2,1-4H3. The van der Waals surface area contributed by atoms with Crippen molar-refractivity contribution in [3.63, 3.8) is 0 Å². The Morgan fingerprint density at radius 3 is 2.32 bits per heavy atom. The molecular weight excluding hydrogens is 238 g/mol. The van der Waals surface area contributed by atoms with Crippen LogP contribution in [0.25, 0.3) is 0 Å². The number of aliphatic hydroxyl groups excluding tert-OH is 1. The van der Waals surface area contributed by atoms with Gasteiger partial charge < -0.3 is 10.0 Å². The first-order valence-corrected chi connectivity index (χ1v) is 6.97. The van der Waals surface area contributed by atoms with Crippen LogP contribution in [0.1, 0.15) is 44.2 Å². The van der Waals surface area contributed by atoms with Crippen LogP contribution in [0.15, 0.2) is 24.3 Å². The van der Waals surface area contributed by atoms with E-state index in [1.807, 2.05) is 19.1 Å². The molecule has 1 amide bonds. The first-order valence-electron chi connectivity index (χ1n) is 6.97. The first-order chi connectivity index (χ1) is 8.95. The lowest BCUT2D eigenvalue weighted by Gasteiger charge is -2.22. The summed E-state index contributed by atoms with van der Waals surface area (Å²) in [5.41, 5.74) is 2.33. The number of rotatable bonds is 6. The maximum absolute atomic E-state index is 12.3. The number of amides is 1. The molecule has 2 unspecified atom stereocenters. The Morgan fingerprint density at radius 1 is 1.26 bits per heavy atom. The quantitative estimate of drug-likeness (QED) is 0.857. The molecule has 1 N–H and O–H groups in total. The normalized spacial score (nSPS) is 13.9. The van der Waals surface area contributed by atoms with Crippen molar-refractivity contribution < 1.29 is 9.90 Å². The Labute approximate surface area is 116 Å². The van der Waals surface area contributed by atoms with Crippen molar-refractivity contribution in [3.05, 3.63) is 35.4 Å². The van der Waals surface area contributed by atoms with Gasteiger partial charge in [0.25, 0.3) is 0 Å². The van der Waals surface area contributed by atoms with Gasteiger partial charge in [-0.15, -0.1) is 0 Å². The number of hydrogen-bond acceptors (Lipinski definition) is 2. The van der Waals surface area contributed by atoms with E-state index in [-0.39, 0.29) is 17.9 Å². The molecule has 0 saturated carbocycles. The highest BCUT2D eigenvalue weighted by Crippen LogP contribution is 2.18. The van der Waals surface area contributed by atoms with Gasteiger partial charge >= 0.3 is 0 Å². The minimum absolute atomic E-state index is 0.102. The van der Waals surface area contributed by atoms with Crippen LogP contribution in [0.4, 0.5) is 0 Å². The van der Waals surface area contributed by atoms with Crippen LogP contribution in [-0.2, 0) is 11.2 Å². The molecule has 0 bridgehead atoms. The Hall–Kier alpha value is -1.35. The molecule has 3 nitrogen and oxygen atoms in total. The van der Waals surface area contributed by atoms with E-state index in [0.717, 1.165) is 12.0 Å². The zero-order valence-corrected chi connectivity index (χ0v) is 12.4. The second kappa shape index (κ2) is 7.29. The zero-order chi connectivity index (χ0) is 14.4. The summed E-state index contributed by atoms with van der Waals surface area (Å²) >= 11 is 0. The summed E-state index contributed by atoms with van der Waals surface area (Å²) in [6.07, 6.45) is 1.26. The fraction of sp³-hybridized carbons (Fsp3) is 0.562. The van der Waals surface area contributed by atoms with Crippen molar-refractivity contribution >= 4 is 5.91 Å². The summed E-state index contributed by atoms with van der Waals surface area (Å²) in [6, 6.07) is 8.22. The molecule has 0 aliphatic carbocycles. The van der Waals surface area contributed by atoms with E-state index in [0.29, 0.717) is 13.0 Å². The van der Waals surface area contributed by atoms with E-state index in [1.54, 1.807) is 18.9 Å². The average molecular weight is 263 g/mol. The number of aliphatic hydroxyl groups is 1. The van der Waals surface area contributed by atoms with Gasteiger partial charge in [-0.25, -0.2) is 0 Å². The van der Waals surface area contributed by atoms with Crippen LogP contribution >= 0.6 is 0 Å². The lowest BCUT2D eigenvalue weighted by molar-refractivity contribution is -0.131. The van der Waals surface area contributed by atoms with Gasteiger partial charge in [-0.05, 0) is 37.8 Å². The van der Waals surface area contributed by atoms with Crippen LogP contribution in [0.2, 0.25) is 0 Å². The molecule has 1 aromatic rings. The summed E-state index contributed by atoms with van der Waals surface area (Å²) in [5, 5.41) is 9.26. The monoisotopic (exact) mass is 263 g/mol. The molecule has 1 rings (SSSR count). The predicted octanol–water partition coefficient (Wildman–Crippen LogP) is 2.58. The summed E-state index contributed by atoms with van der Waals surface area (Å²) in [4.78, 5) is 14.0. The van der Waals surface area contributed by atoms with Crippen molar-refractivity contribution in [3.8, 4) is 0 Å². The number of benzene rings is 1. The second-order valence-corrected chi connectivity index (χ2v) is 5.21. The molecule has 0 aliphatic heterocycles. The van der Waals surface area contributed by atoms with Gasteiger partial charge in [-0.2, -0.15) is 0 Å². The van der Waals surface area contributed by atoms with Crippen LogP contribution in [0.5, 0.6) is 0 Å². The van der Waals surface area contributed by atoms with Gasteiger partial charge in [0.1, 0.15) is 0 Å². The largest absolute Gasteiger partial charge is 0.393 e. The van der Waals surface area contributed by atoms with Gasteiger partial charge in [0.2, 0.25) is 5.91 Å². The molecule has 0 aliphatic rings. The molecule has 3 heteroatoms.